The number of carbonyl (C=O) groups excluding carboxylic acids is 2. The van der Waals surface area contributed by atoms with Gasteiger partial charge in [-0.15, -0.1) is 0 Å². The Labute approximate surface area is 151 Å². The first-order chi connectivity index (χ1) is 12.3. The summed E-state index contributed by atoms with van der Waals surface area (Å²) in [4.78, 5) is 29.8. The summed E-state index contributed by atoms with van der Waals surface area (Å²) in [5, 5.41) is 2.76. The van der Waals surface area contributed by atoms with E-state index in [9.17, 15) is 14.0 Å². The van der Waals surface area contributed by atoms with Gasteiger partial charge in [-0.2, -0.15) is 0 Å². The number of hydrogen-bond donors (Lipinski definition) is 1. The normalized spacial score (nSPS) is 19.4. The zero-order valence-electron chi connectivity index (χ0n) is 14.5. The lowest BCUT2D eigenvalue weighted by Crippen LogP contribution is -2.44. The summed E-state index contributed by atoms with van der Waals surface area (Å²) in [5.41, 5.74) is 1.50. The number of nitrogens with one attached hydrogen (secondary N) is 1. The van der Waals surface area contributed by atoms with Crippen LogP contribution in [0.3, 0.4) is 0 Å². The van der Waals surface area contributed by atoms with Gasteiger partial charge < -0.3 is 5.32 Å². The van der Waals surface area contributed by atoms with Crippen LogP contribution in [0.1, 0.15) is 24.5 Å². The molecular weight excluding hydrogens is 333 g/mol. The molecule has 1 aliphatic heterocycles. The molecule has 132 valence electrons. The summed E-state index contributed by atoms with van der Waals surface area (Å²) < 4.78 is 13.0. The van der Waals surface area contributed by atoms with Crippen LogP contribution in [0.25, 0.3) is 4.85 Å². The zero-order chi connectivity index (χ0) is 18.9. The highest BCUT2D eigenvalue weighted by molar-refractivity contribution is 6.23. The van der Waals surface area contributed by atoms with Gasteiger partial charge in [0.1, 0.15) is 11.4 Å². The fourth-order valence-electron chi connectivity index (χ4n) is 3.04. The molecule has 6 heteroatoms. The summed E-state index contributed by atoms with van der Waals surface area (Å²) in [6.07, 6.45) is 0.936. The maximum atomic E-state index is 13.0. The number of aryl methyl sites for hydroxylation is 2. The fourth-order valence-corrected chi connectivity index (χ4v) is 3.04. The first-order valence-corrected chi connectivity index (χ1v) is 8.23. The summed E-state index contributed by atoms with van der Waals surface area (Å²) in [6, 6.07) is 10.5. The van der Waals surface area contributed by atoms with Crippen LogP contribution >= 0.6 is 0 Å². The molecule has 2 aromatic carbocycles. The van der Waals surface area contributed by atoms with Crippen molar-refractivity contribution in [1.82, 2.24) is 5.32 Å². The van der Waals surface area contributed by atoms with Gasteiger partial charge in [0, 0.05) is 0 Å². The molecule has 1 heterocycles. The molecule has 3 rings (SSSR count). The lowest BCUT2D eigenvalue weighted by Gasteiger charge is -2.22. The molecule has 3 amide bonds. The van der Waals surface area contributed by atoms with Crippen LogP contribution in [-0.4, -0.2) is 17.5 Å². The molecule has 1 aliphatic rings. The van der Waals surface area contributed by atoms with E-state index in [2.05, 4.69) is 10.2 Å². The highest BCUT2D eigenvalue weighted by Crippen LogP contribution is 2.31. The number of rotatable bonds is 4. The number of anilines is 1. The summed E-state index contributed by atoms with van der Waals surface area (Å²) >= 11 is 0. The third-order valence-electron chi connectivity index (χ3n) is 4.65. The Morgan fingerprint density at radius 1 is 1.19 bits per heavy atom. The van der Waals surface area contributed by atoms with Crippen molar-refractivity contribution in [2.24, 2.45) is 0 Å². The molecule has 0 saturated carbocycles. The van der Waals surface area contributed by atoms with Crippen LogP contribution in [0.5, 0.6) is 0 Å². The van der Waals surface area contributed by atoms with Crippen LogP contribution in [0.4, 0.5) is 20.6 Å². The number of benzene rings is 2. The van der Waals surface area contributed by atoms with Crippen molar-refractivity contribution in [1.29, 1.82) is 0 Å². The molecule has 0 spiro atoms. The Hall–Kier alpha value is -3.20. The molecule has 5 nitrogen and oxygen atoms in total. The van der Waals surface area contributed by atoms with Crippen molar-refractivity contribution in [3.8, 4) is 0 Å². The number of amides is 3. The standard InChI is InChI=1S/C20H18FN3O2/c1-13-12-16(8-9-17(13)22-3)24-18(25)20(2,23-19(24)26)11-10-14-4-6-15(21)7-5-14/h4-9,12H,10-11H2,1-2H3,(H,23,26)/t20-/m0/s1. The number of carbonyl (C=O) groups is 2. The van der Waals surface area contributed by atoms with E-state index in [1.165, 1.54) is 12.1 Å². The smallest absolute Gasteiger partial charge is 0.323 e. The zero-order valence-corrected chi connectivity index (χ0v) is 14.5. The van der Waals surface area contributed by atoms with Crippen molar-refractivity contribution in [3.63, 3.8) is 0 Å². The third-order valence-corrected chi connectivity index (χ3v) is 4.65. The van der Waals surface area contributed by atoms with Crippen molar-refractivity contribution in [2.75, 3.05) is 4.90 Å². The SMILES string of the molecule is [C-]#[N+]c1ccc(N2C(=O)N[C@@](C)(CCc3ccc(F)cc3)C2=O)cc1C. The van der Waals surface area contributed by atoms with Crippen LogP contribution in [0.15, 0.2) is 42.5 Å². The van der Waals surface area contributed by atoms with Crippen LogP contribution in [0.2, 0.25) is 0 Å². The fraction of sp³-hybridized carbons (Fsp3) is 0.250. The van der Waals surface area contributed by atoms with E-state index in [-0.39, 0.29) is 11.7 Å². The average molecular weight is 351 g/mol. The van der Waals surface area contributed by atoms with Gasteiger partial charge in [0.15, 0.2) is 5.69 Å². The first kappa shape index (κ1) is 17.6. The second-order valence-corrected chi connectivity index (χ2v) is 6.61. The topological polar surface area (TPSA) is 53.8 Å². The number of nitrogens with zero attached hydrogens (tertiary/aromatic N) is 2. The van der Waals surface area contributed by atoms with E-state index >= 15 is 0 Å². The third kappa shape index (κ3) is 3.16. The molecule has 0 aliphatic carbocycles. The minimum absolute atomic E-state index is 0.311. The van der Waals surface area contributed by atoms with Crippen molar-refractivity contribution in [3.05, 3.63) is 70.8 Å². The van der Waals surface area contributed by atoms with Gasteiger partial charge in [0.2, 0.25) is 0 Å². The van der Waals surface area contributed by atoms with Gasteiger partial charge in [-0.05, 0) is 62.1 Å². The molecule has 1 saturated heterocycles. The van der Waals surface area contributed by atoms with Crippen molar-refractivity contribution < 1.29 is 14.0 Å². The molecule has 0 unspecified atom stereocenters. The maximum absolute atomic E-state index is 13.0. The predicted molar refractivity (Wildman–Crippen MR) is 96.6 cm³/mol. The van der Waals surface area contributed by atoms with Gasteiger partial charge in [-0.1, -0.05) is 18.2 Å². The van der Waals surface area contributed by atoms with Gasteiger partial charge in [0.05, 0.1) is 12.3 Å². The van der Waals surface area contributed by atoms with E-state index in [4.69, 9.17) is 6.57 Å². The molecule has 1 atom stereocenters. The Kier molecular flexibility index (Phi) is 4.47. The Morgan fingerprint density at radius 2 is 1.88 bits per heavy atom. The largest absolute Gasteiger partial charge is 0.329 e. The molecule has 1 N–H and O–H groups in total. The van der Waals surface area contributed by atoms with Crippen LogP contribution < -0.4 is 10.2 Å². The van der Waals surface area contributed by atoms with E-state index in [1.54, 1.807) is 44.2 Å². The number of urea groups is 1. The van der Waals surface area contributed by atoms with E-state index in [1.807, 2.05) is 0 Å². The molecular formula is C20H18FN3O2. The second-order valence-electron chi connectivity index (χ2n) is 6.61. The lowest BCUT2D eigenvalue weighted by molar-refractivity contribution is -0.121. The monoisotopic (exact) mass is 351 g/mol. The molecule has 2 aromatic rings. The quantitative estimate of drug-likeness (QED) is 0.665. The lowest BCUT2D eigenvalue weighted by atomic mass is 9.93. The molecule has 0 aromatic heterocycles. The molecule has 26 heavy (non-hydrogen) atoms. The van der Waals surface area contributed by atoms with Gasteiger partial charge in [-0.25, -0.2) is 18.9 Å². The highest BCUT2D eigenvalue weighted by atomic mass is 19.1. The van der Waals surface area contributed by atoms with Crippen molar-refractivity contribution in [2.45, 2.75) is 32.2 Å². The van der Waals surface area contributed by atoms with E-state index in [0.717, 1.165) is 10.5 Å². The summed E-state index contributed by atoms with van der Waals surface area (Å²) in [6.45, 7) is 10.6. The van der Waals surface area contributed by atoms with Crippen LogP contribution in [-0.2, 0) is 11.2 Å². The summed E-state index contributed by atoms with van der Waals surface area (Å²) in [7, 11) is 0. The van der Waals surface area contributed by atoms with Gasteiger partial charge in [0.25, 0.3) is 5.91 Å². The Balaban J connectivity index is 1.80. The van der Waals surface area contributed by atoms with E-state index < -0.39 is 11.6 Å². The number of imide groups is 1. The van der Waals surface area contributed by atoms with Gasteiger partial charge in [-0.3, -0.25) is 4.79 Å². The average Bonchev–Trinajstić information content (AvgIpc) is 2.83. The second kappa shape index (κ2) is 6.60. The van der Waals surface area contributed by atoms with E-state index in [0.29, 0.717) is 29.8 Å². The maximum Gasteiger partial charge on any atom is 0.329 e. The van der Waals surface area contributed by atoms with Crippen LogP contribution in [0, 0.1) is 19.3 Å². The molecule has 0 radical (unpaired) electrons. The first-order valence-electron chi connectivity index (χ1n) is 8.23. The molecule has 1 fully saturated rings. The molecule has 0 bridgehead atoms. The summed E-state index contributed by atoms with van der Waals surface area (Å²) in [5.74, 6) is -0.644. The van der Waals surface area contributed by atoms with Gasteiger partial charge >= 0.3 is 6.03 Å². The Bertz CT molecular complexity index is 918. The minimum Gasteiger partial charge on any atom is -0.323 e. The number of hydrogen-bond acceptors (Lipinski definition) is 2. The van der Waals surface area contributed by atoms with Crippen molar-refractivity contribution >= 4 is 23.3 Å². The predicted octanol–water partition coefficient (Wildman–Crippen LogP) is 4.13. The minimum atomic E-state index is -1.03. The highest BCUT2D eigenvalue weighted by Gasteiger charge is 2.48. The number of halogens is 1. The Morgan fingerprint density at radius 3 is 2.50 bits per heavy atom.